The van der Waals surface area contributed by atoms with Crippen molar-refractivity contribution in [1.29, 1.82) is 0 Å². The van der Waals surface area contributed by atoms with Gasteiger partial charge in [-0.05, 0) is 69.4 Å². The van der Waals surface area contributed by atoms with Gasteiger partial charge in [0.1, 0.15) is 6.04 Å². The number of carbonyl (C=O) groups excluding carboxylic acids is 2. The van der Waals surface area contributed by atoms with Gasteiger partial charge in [0.2, 0.25) is 15.9 Å². The molecule has 1 amide bonds. The number of hydrogen-bond donors (Lipinski definition) is 2. The Labute approximate surface area is 209 Å². The molecule has 2 heterocycles. The molecule has 2 N–H and O–H groups in total. The summed E-state index contributed by atoms with van der Waals surface area (Å²) in [6.07, 6.45) is 10.8. The van der Waals surface area contributed by atoms with Crippen LogP contribution in [0.1, 0.15) is 65.2 Å². The Morgan fingerprint density at radius 1 is 1.14 bits per heavy atom. The van der Waals surface area contributed by atoms with E-state index in [1.165, 1.54) is 5.69 Å². The number of carbonyl (C=O) groups is 2. The molecule has 0 aromatic carbocycles. The fourth-order valence-electron chi connectivity index (χ4n) is 5.16. The number of aromatic nitrogens is 1. The number of nitrogens with one attached hydrogen (secondary N) is 2. The van der Waals surface area contributed by atoms with E-state index in [-0.39, 0.29) is 30.7 Å². The first-order valence-electron chi connectivity index (χ1n) is 12.9. The Morgan fingerprint density at radius 3 is 2.40 bits per heavy atom. The van der Waals surface area contributed by atoms with Gasteiger partial charge in [-0.3, -0.25) is 14.6 Å². The van der Waals surface area contributed by atoms with Crippen LogP contribution in [0.3, 0.4) is 0 Å². The van der Waals surface area contributed by atoms with Gasteiger partial charge in [-0.1, -0.05) is 13.3 Å². The van der Waals surface area contributed by atoms with Crippen LogP contribution in [-0.4, -0.2) is 63.3 Å². The van der Waals surface area contributed by atoms with Crippen LogP contribution in [0.15, 0.2) is 24.5 Å². The summed E-state index contributed by atoms with van der Waals surface area (Å²) in [6, 6.07) is 2.98. The number of pyridine rings is 1. The zero-order valence-electron chi connectivity index (χ0n) is 21.0. The van der Waals surface area contributed by atoms with Crippen molar-refractivity contribution in [3.63, 3.8) is 0 Å². The number of nitrogens with zero attached hydrogens (tertiary/aromatic N) is 2. The maximum Gasteiger partial charge on any atom is 0.325 e. The second-order valence-corrected chi connectivity index (χ2v) is 11.7. The van der Waals surface area contributed by atoms with Crippen molar-refractivity contribution in [2.75, 3.05) is 36.9 Å². The van der Waals surface area contributed by atoms with Gasteiger partial charge in [0.15, 0.2) is 0 Å². The smallest absolute Gasteiger partial charge is 0.325 e. The molecule has 1 aromatic rings. The van der Waals surface area contributed by atoms with Crippen LogP contribution in [0.25, 0.3) is 0 Å². The molecule has 1 saturated carbocycles. The van der Waals surface area contributed by atoms with Crippen LogP contribution < -0.4 is 14.9 Å². The molecular formula is C25H40N4O5S. The molecule has 0 unspecified atom stereocenters. The summed E-state index contributed by atoms with van der Waals surface area (Å²) in [5.74, 6) is -0.956. The number of sulfonamides is 1. The summed E-state index contributed by atoms with van der Waals surface area (Å²) in [7, 11) is -3.63. The van der Waals surface area contributed by atoms with Gasteiger partial charge < -0.3 is 15.0 Å². The van der Waals surface area contributed by atoms with Gasteiger partial charge >= 0.3 is 5.97 Å². The maximum absolute atomic E-state index is 12.9. The zero-order valence-corrected chi connectivity index (χ0v) is 21.8. The number of unbranched alkanes of at least 4 members (excludes halogenated alkanes) is 1. The largest absolute Gasteiger partial charge is 0.465 e. The normalized spacial score (nSPS) is 19.3. The number of amides is 1. The molecule has 2 fully saturated rings. The molecule has 2 aliphatic rings. The lowest BCUT2D eigenvalue weighted by atomic mass is 9.65. The molecule has 0 radical (unpaired) electrons. The van der Waals surface area contributed by atoms with Gasteiger partial charge in [0, 0.05) is 43.6 Å². The van der Waals surface area contributed by atoms with E-state index in [0.29, 0.717) is 11.8 Å². The third kappa shape index (κ3) is 7.90. The Hall–Kier alpha value is -2.20. The number of anilines is 1. The molecule has 35 heavy (non-hydrogen) atoms. The highest BCUT2D eigenvalue weighted by molar-refractivity contribution is 7.89. The second-order valence-electron chi connectivity index (χ2n) is 9.81. The van der Waals surface area contributed by atoms with Gasteiger partial charge in [-0.15, -0.1) is 0 Å². The Bertz CT molecular complexity index is 922. The van der Waals surface area contributed by atoms with E-state index in [1.807, 2.05) is 31.5 Å². The fourth-order valence-corrected chi connectivity index (χ4v) is 6.56. The second kappa shape index (κ2) is 12.7. The molecule has 3 rings (SSSR count). The average Bonchev–Trinajstić information content (AvgIpc) is 2.87. The van der Waals surface area contributed by atoms with Crippen LogP contribution >= 0.6 is 0 Å². The van der Waals surface area contributed by atoms with Crippen LogP contribution in [0.5, 0.6) is 0 Å². The first-order valence-corrected chi connectivity index (χ1v) is 14.5. The van der Waals surface area contributed by atoms with E-state index in [0.717, 1.165) is 58.0 Å². The average molecular weight is 509 g/mol. The summed E-state index contributed by atoms with van der Waals surface area (Å²) in [5.41, 5.74) is 1.51. The van der Waals surface area contributed by atoms with Crippen molar-refractivity contribution in [1.82, 2.24) is 15.0 Å². The third-order valence-corrected chi connectivity index (χ3v) is 8.88. The number of rotatable bonds is 11. The number of esters is 1. The van der Waals surface area contributed by atoms with E-state index < -0.39 is 22.0 Å². The summed E-state index contributed by atoms with van der Waals surface area (Å²) < 4.78 is 32.0. The summed E-state index contributed by atoms with van der Waals surface area (Å²) in [6.45, 7) is 5.63. The molecular weight excluding hydrogens is 468 g/mol. The van der Waals surface area contributed by atoms with E-state index in [9.17, 15) is 18.0 Å². The van der Waals surface area contributed by atoms with E-state index in [4.69, 9.17) is 4.74 Å². The van der Waals surface area contributed by atoms with Crippen LogP contribution in [0.2, 0.25) is 0 Å². The highest BCUT2D eigenvalue weighted by Gasteiger charge is 2.40. The minimum atomic E-state index is -3.63. The van der Waals surface area contributed by atoms with Crippen molar-refractivity contribution in [2.24, 2.45) is 11.3 Å². The molecule has 0 bridgehead atoms. The van der Waals surface area contributed by atoms with Crippen LogP contribution in [0, 0.1) is 11.3 Å². The zero-order chi connectivity index (χ0) is 25.3. The van der Waals surface area contributed by atoms with Crippen molar-refractivity contribution >= 4 is 27.6 Å². The summed E-state index contributed by atoms with van der Waals surface area (Å²) >= 11 is 0. The standard InChI is InChI=1S/C25H40N4O5S/c1-3-5-18-35(32,33)28-22(24(31)34-4-2)19-27-23(30)20-6-10-25(11-7-20)12-16-29(17-13-25)21-8-14-26-15-9-21/h8-9,14-15,20,22,28H,3-7,10-13,16-19H2,1-2H3,(H,27,30)/t22-/m0/s1. The fraction of sp³-hybridized carbons (Fsp3) is 0.720. The van der Waals surface area contributed by atoms with Crippen LogP contribution in [0.4, 0.5) is 5.69 Å². The predicted molar refractivity (Wildman–Crippen MR) is 135 cm³/mol. The lowest BCUT2D eigenvalue weighted by molar-refractivity contribution is -0.145. The lowest BCUT2D eigenvalue weighted by Gasteiger charge is -2.46. The molecule has 1 aromatic heterocycles. The highest BCUT2D eigenvalue weighted by atomic mass is 32.2. The molecule has 9 nitrogen and oxygen atoms in total. The number of hydrogen-bond acceptors (Lipinski definition) is 7. The Morgan fingerprint density at radius 2 is 1.80 bits per heavy atom. The third-order valence-electron chi connectivity index (χ3n) is 7.41. The first kappa shape index (κ1) is 27.4. The Balaban J connectivity index is 1.48. The topological polar surface area (TPSA) is 118 Å². The van der Waals surface area contributed by atoms with E-state index in [1.54, 1.807) is 6.92 Å². The lowest BCUT2D eigenvalue weighted by Crippen LogP contribution is -2.51. The van der Waals surface area contributed by atoms with Gasteiger partial charge in [0.25, 0.3) is 0 Å². The molecule has 1 atom stereocenters. The highest BCUT2D eigenvalue weighted by Crippen LogP contribution is 2.46. The van der Waals surface area contributed by atoms with E-state index in [2.05, 4.69) is 19.9 Å². The molecule has 1 aliphatic heterocycles. The monoisotopic (exact) mass is 508 g/mol. The van der Waals surface area contributed by atoms with Crippen LogP contribution in [-0.2, 0) is 24.3 Å². The van der Waals surface area contributed by atoms with E-state index >= 15 is 0 Å². The van der Waals surface area contributed by atoms with Gasteiger partial charge in [-0.2, -0.15) is 4.72 Å². The van der Waals surface area contributed by atoms with Crippen molar-refractivity contribution in [2.45, 2.75) is 71.3 Å². The maximum atomic E-state index is 12.9. The first-order chi connectivity index (χ1) is 16.8. The molecule has 10 heteroatoms. The number of ether oxygens (including phenoxy) is 1. The minimum Gasteiger partial charge on any atom is -0.465 e. The molecule has 1 spiro atoms. The van der Waals surface area contributed by atoms with Gasteiger partial charge in [-0.25, -0.2) is 8.42 Å². The predicted octanol–water partition coefficient (Wildman–Crippen LogP) is 2.63. The SMILES string of the molecule is CCCCS(=O)(=O)N[C@@H](CNC(=O)C1CCC2(CC1)CCN(c1ccncc1)CC2)C(=O)OCC. The number of piperidine rings is 1. The van der Waals surface area contributed by atoms with Crippen molar-refractivity contribution in [3.8, 4) is 0 Å². The summed E-state index contributed by atoms with van der Waals surface area (Å²) in [5, 5.41) is 2.81. The minimum absolute atomic E-state index is 0.0589. The quantitative estimate of drug-likeness (QED) is 0.441. The Kier molecular flexibility index (Phi) is 9.91. The van der Waals surface area contributed by atoms with Gasteiger partial charge in [0.05, 0.1) is 12.4 Å². The summed E-state index contributed by atoms with van der Waals surface area (Å²) in [4.78, 5) is 31.7. The molecule has 1 saturated heterocycles. The molecule has 1 aliphatic carbocycles. The van der Waals surface area contributed by atoms with Crippen molar-refractivity contribution in [3.05, 3.63) is 24.5 Å². The van der Waals surface area contributed by atoms with Crippen molar-refractivity contribution < 1.29 is 22.7 Å². The molecule has 196 valence electrons.